The lowest BCUT2D eigenvalue weighted by molar-refractivity contribution is 0.692. The maximum absolute atomic E-state index is 6.31. The molecule has 88 valence electrons. The molecular formula is C15H16ClN. The second-order valence-corrected chi connectivity index (χ2v) is 4.56. The normalized spacial score (nSPS) is 12.4. The molecule has 2 heteroatoms. The summed E-state index contributed by atoms with van der Waals surface area (Å²) in [5.41, 5.74) is 3.52. The summed E-state index contributed by atoms with van der Waals surface area (Å²) in [7, 11) is 1.95. The van der Waals surface area contributed by atoms with Crippen molar-refractivity contribution in [2.24, 2.45) is 0 Å². The van der Waals surface area contributed by atoms with Crippen molar-refractivity contribution in [3.8, 4) is 0 Å². The van der Waals surface area contributed by atoms with E-state index in [-0.39, 0.29) is 6.04 Å². The smallest absolute Gasteiger partial charge is 0.0589 e. The highest BCUT2D eigenvalue weighted by Crippen LogP contribution is 2.28. The van der Waals surface area contributed by atoms with Crippen molar-refractivity contribution in [1.29, 1.82) is 0 Å². The van der Waals surface area contributed by atoms with Crippen LogP contribution in [0.1, 0.15) is 22.7 Å². The van der Waals surface area contributed by atoms with Gasteiger partial charge in [0.1, 0.15) is 0 Å². The molecule has 0 heterocycles. The number of hydrogen-bond acceptors (Lipinski definition) is 1. The zero-order chi connectivity index (χ0) is 12.3. The molecule has 0 aliphatic rings. The van der Waals surface area contributed by atoms with Gasteiger partial charge in [-0.2, -0.15) is 0 Å². The number of aryl methyl sites for hydroxylation is 1. The first-order valence-corrected chi connectivity index (χ1v) is 6.08. The first-order chi connectivity index (χ1) is 8.22. The minimum Gasteiger partial charge on any atom is -0.309 e. The third-order valence-electron chi connectivity index (χ3n) is 2.89. The number of nitrogens with one attached hydrogen (secondary N) is 1. The molecule has 1 atom stereocenters. The molecule has 0 saturated heterocycles. The van der Waals surface area contributed by atoms with Gasteiger partial charge in [-0.15, -0.1) is 0 Å². The van der Waals surface area contributed by atoms with Gasteiger partial charge in [-0.05, 0) is 36.7 Å². The molecule has 2 aromatic carbocycles. The summed E-state index contributed by atoms with van der Waals surface area (Å²) in [6.45, 7) is 2.05. The Labute approximate surface area is 107 Å². The van der Waals surface area contributed by atoms with Gasteiger partial charge in [-0.3, -0.25) is 0 Å². The summed E-state index contributed by atoms with van der Waals surface area (Å²) in [4.78, 5) is 0. The van der Waals surface area contributed by atoms with E-state index in [0.29, 0.717) is 0 Å². The number of rotatable bonds is 3. The maximum Gasteiger partial charge on any atom is 0.0589 e. The molecule has 0 spiro atoms. The van der Waals surface area contributed by atoms with Crippen LogP contribution >= 0.6 is 11.6 Å². The van der Waals surface area contributed by atoms with Crippen LogP contribution in [0.4, 0.5) is 0 Å². The summed E-state index contributed by atoms with van der Waals surface area (Å²) in [5.74, 6) is 0. The molecule has 0 amide bonds. The van der Waals surface area contributed by atoms with Crippen molar-refractivity contribution >= 4 is 11.6 Å². The minimum absolute atomic E-state index is 0.143. The van der Waals surface area contributed by atoms with Crippen LogP contribution in [-0.2, 0) is 0 Å². The van der Waals surface area contributed by atoms with Crippen LogP contribution in [-0.4, -0.2) is 7.05 Å². The Morgan fingerprint density at radius 2 is 1.76 bits per heavy atom. The third kappa shape index (κ3) is 2.68. The van der Waals surface area contributed by atoms with Gasteiger partial charge in [0.2, 0.25) is 0 Å². The van der Waals surface area contributed by atoms with E-state index in [9.17, 15) is 0 Å². The molecule has 1 nitrogen and oxygen atoms in total. The average Bonchev–Trinajstić information content (AvgIpc) is 2.34. The van der Waals surface area contributed by atoms with Gasteiger partial charge in [-0.1, -0.05) is 54.1 Å². The third-order valence-corrected chi connectivity index (χ3v) is 3.22. The predicted octanol–water partition coefficient (Wildman–Crippen LogP) is 3.96. The average molecular weight is 246 g/mol. The van der Waals surface area contributed by atoms with E-state index >= 15 is 0 Å². The first-order valence-electron chi connectivity index (χ1n) is 5.70. The van der Waals surface area contributed by atoms with Crippen molar-refractivity contribution in [1.82, 2.24) is 5.32 Å². The van der Waals surface area contributed by atoms with Crippen LogP contribution in [0.25, 0.3) is 0 Å². The fourth-order valence-electron chi connectivity index (χ4n) is 2.01. The van der Waals surface area contributed by atoms with Crippen LogP contribution in [0, 0.1) is 6.92 Å². The molecule has 0 aromatic heterocycles. The van der Waals surface area contributed by atoms with Crippen LogP contribution < -0.4 is 5.32 Å². The van der Waals surface area contributed by atoms with E-state index in [2.05, 4.69) is 29.6 Å². The Balaban J connectivity index is 2.42. The molecule has 0 aliphatic heterocycles. The SMILES string of the molecule is CNC(c1ccccc1)c1ccc(C)cc1Cl. The monoisotopic (exact) mass is 245 g/mol. The van der Waals surface area contributed by atoms with Crippen molar-refractivity contribution in [2.45, 2.75) is 13.0 Å². The Hall–Kier alpha value is -1.31. The molecular weight excluding hydrogens is 230 g/mol. The van der Waals surface area contributed by atoms with Crippen molar-refractivity contribution < 1.29 is 0 Å². The summed E-state index contributed by atoms with van der Waals surface area (Å²) in [5, 5.41) is 4.12. The molecule has 0 saturated carbocycles. The topological polar surface area (TPSA) is 12.0 Å². The molecule has 2 rings (SSSR count). The molecule has 0 radical (unpaired) electrons. The molecule has 1 unspecified atom stereocenters. The fourth-order valence-corrected chi connectivity index (χ4v) is 2.36. The summed E-state index contributed by atoms with van der Waals surface area (Å²) in [6.07, 6.45) is 0. The lowest BCUT2D eigenvalue weighted by atomic mass is 9.98. The van der Waals surface area contributed by atoms with E-state index in [1.165, 1.54) is 11.1 Å². The molecule has 0 aliphatic carbocycles. The Bertz CT molecular complexity index is 494. The van der Waals surface area contributed by atoms with Crippen LogP contribution in [0.5, 0.6) is 0 Å². The van der Waals surface area contributed by atoms with Crippen molar-refractivity contribution in [3.05, 3.63) is 70.2 Å². The Kier molecular flexibility index (Phi) is 3.82. The van der Waals surface area contributed by atoms with Gasteiger partial charge in [0, 0.05) is 5.02 Å². The molecule has 1 N–H and O–H groups in total. The molecule has 17 heavy (non-hydrogen) atoms. The highest BCUT2D eigenvalue weighted by molar-refractivity contribution is 6.31. The molecule has 0 bridgehead atoms. The van der Waals surface area contributed by atoms with Crippen molar-refractivity contribution in [3.63, 3.8) is 0 Å². The van der Waals surface area contributed by atoms with Crippen LogP contribution in [0.3, 0.4) is 0 Å². The van der Waals surface area contributed by atoms with Gasteiger partial charge in [0.25, 0.3) is 0 Å². The quantitative estimate of drug-likeness (QED) is 0.863. The molecule has 2 aromatic rings. The highest BCUT2D eigenvalue weighted by atomic mass is 35.5. The predicted molar refractivity (Wildman–Crippen MR) is 73.5 cm³/mol. The van der Waals surface area contributed by atoms with E-state index in [1.807, 2.05) is 38.2 Å². The zero-order valence-electron chi connectivity index (χ0n) is 10.1. The lowest BCUT2D eigenvalue weighted by Crippen LogP contribution is -2.17. The standard InChI is InChI=1S/C15H16ClN/c1-11-8-9-13(14(16)10-11)15(17-2)12-6-4-3-5-7-12/h3-10,15,17H,1-2H3. The Morgan fingerprint density at radius 3 is 2.35 bits per heavy atom. The summed E-state index contributed by atoms with van der Waals surface area (Å²) < 4.78 is 0. The fraction of sp³-hybridized carbons (Fsp3) is 0.200. The second kappa shape index (κ2) is 5.35. The molecule has 0 fully saturated rings. The van der Waals surface area contributed by atoms with E-state index in [0.717, 1.165) is 10.6 Å². The van der Waals surface area contributed by atoms with Gasteiger partial charge < -0.3 is 5.32 Å². The minimum atomic E-state index is 0.143. The van der Waals surface area contributed by atoms with Crippen LogP contribution in [0.15, 0.2) is 48.5 Å². The van der Waals surface area contributed by atoms with E-state index in [4.69, 9.17) is 11.6 Å². The number of benzene rings is 2. The summed E-state index contributed by atoms with van der Waals surface area (Å²) >= 11 is 6.31. The second-order valence-electron chi connectivity index (χ2n) is 4.16. The summed E-state index contributed by atoms with van der Waals surface area (Å²) in [6, 6.07) is 16.7. The van der Waals surface area contributed by atoms with Gasteiger partial charge in [-0.25, -0.2) is 0 Å². The van der Waals surface area contributed by atoms with E-state index < -0.39 is 0 Å². The van der Waals surface area contributed by atoms with Crippen LogP contribution in [0.2, 0.25) is 5.02 Å². The zero-order valence-corrected chi connectivity index (χ0v) is 10.8. The Morgan fingerprint density at radius 1 is 1.06 bits per heavy atom. The van der Waals surface area contributed by atoms with Gasteiger partial charge in [0.15, 0.2) is 0 Å². The lowest BCUT2D eigenvalue weighted by Gasteiger charge is -2.18. The number of hydrogen-bond donors (Lipinski definition) is 1. The highest BCUT2D eigenvalue weighted by Gasteiger charge is 2.14. The first kappa shape index (κ1) is 12.2. The van der Waals surface area contributed by atoms with E-state index in [1.54, 1.807) is 0 Å². The van der Waals surface area contributed by atoms with Gasteiger partial charge in [0.05, 0.1) is 6.04 Å². The largest absolute Gasteiger partial charge is 0.309 e. The van der Waals surface area contributed by atoms with Gasteiger partial charge >= 0.3 is 0 Å². The van der Waals surface area contributed by atoms with Crippen molar-refractivity contribution in [2.75, 3.05) is 7.05 Å². The number of halogens is 1. The maximum atomic E-state index is 6.31.